The van der Waals surface area contributed by atoms with Gasteiger partial charge in [-0.2, -0.15) is 0 Å². The first-order chi connectivity index (χ1) is 10.2. The van der Waals surface area contributed by atoms with E-state index in [0.717, 1.165) is 5.56 Å². The molecule has 5 heteroatoms. The summed E-state index contributed by atoms with van der Waals surface area (Å²) in [6, 6.07) is 13.3. The fourth-order valence-electron chi connectivity index (χ4n) is 1.89. The average molecular weight is 286 g/mol. The SMILES string of the molecule is C[C@H](CNC(=O)C(=O)NCc1ccco1)c1ccccc1. The second-order valence-electron chi connectivity index (χ2n) is 4.78. The van der Waals surface area contributed by atoms with Gasteiger partial charge in [-0.3, -0.25) is 9.59 Å². The quantitative estimate of drug-likeness (QED) is 0.824. The molecule has 2 N–H and O–H groups in total. The van der Waals surface area contributed by atoms with Crippen LogP contribution < -0.4 is 10.6 Å². The fraction of sp³-hybridized carbons (Fsp3) is 0.250. The lowest BCUT2D eigenvalue weighted by Crippen LogP contribution is -2.40. The molecular formula is C16H18N2O3. The second kappa shape index (κ2) is 7.28. The van der Waals surface area contributed by atoms with Gasteiger partial charge in [0, 0.05) is 6.54 Å². The minimum atomic E-state index is -0.660. The fourth-order valence-corrected chi connectivity index (χ4v) is 1.89. The molecule has 2 aromatic rings. The molecular weight excluding hydrogens is 268 g/mol. The van der Waals surface area contributed by atoms with E-state index in [0.29, 0.717) is 12.3 Å². The van der Waals surface area contributed by atoms with E-state index < -0.39 is 11.8 Å². The molecule has 0 unspecified atom stereocenters. The summed E-state index contributed by atoms with van der Waals surface area (Å²) < 4.78 is 5.07. The van der Waals surface area contributed by atoms with E-state index in [2.05, 4.69) is 10.6 Å². The molecule has 110 valence electrons. The minimum absolute atomic E-state index is 0.146. The van der Waals surface area contributed by atoms with Gasteiger partial charge in [0.15, 0.2) is 0 Å². The van der Waals surface area contributed by atoms with Crippen LogP contribution in [-0.4, -0.2) is 18.4 Å². The number of hydrogen-bond acceptors (Lipinski definition) is 3. The predicted molar refractivity (Wildman–Crippen MR) is 78.4 cm³/mol. The molecule has 0 aliphatic heterocycles. The van der Waals surface area contributed by atoms with Gasteiger partial charge in [-0.1, -0.05) is 37.3 Å². The summed E-state index contributed by atoms with van der Waals surface area (Å²) in [5, 5.41) is 5.13. The molecule has 0 saturated carbocycles. The van der Waals surface area contributed by atoms with Crippen molar-refractivity contribution in [1.82, 2.24) is 10.6 Å². The van der Waals surface area contributed by atoms with Crippen LogP contribution in [0.4, 0.5) is 0 Å². The first kappa shape index (κ1) is 14.8. The normalized spacial score (nSPS) is 11.7. The van der Waals surface area contributed by atoms with Crippen LogP contribution in [0.25, 0.3) is 0 Å². The number of amides is 2. The number of nitrogens with one attached hydrogen (secondary N) is 2. The van der Waals surface area contributed by atoms with E-state index in [-0.39, 0.29) is 12.5 Å². The van der Waals surface area contributed by atoms with Crippen molar-refractivity contribution in [1.29, 1.82) is 0 Å². The lowest BCUT2D eigenvalue weighted by Gasteiger charge is -2.12. The third-order valence-corrected chi connectivity index (χ3v) is 3.15. The van der Waals surface area contributed by atoms with Crippen molar-refractivity contribution in [3.63, 3.8) is 0 Å². The molecule has 0 bridgehead atoms. The van der Waals surface area contributed by atoms with E-state index in [4.69, 9.17) is 4.42 Å². The van der Waals surface area contributed by atoms with Gasteiger partial charge in [0.1, 0.15) is 5.76 Å². The van der Waals surface area contributed by atoms with Crippen LogP contribution in [0.3, 0.4) is 0 Å². The monoisotopic (exact) mass is 286 g/mol. The van der Waals surface area contributed by atoms with Crippen LogP contribution in [-0.2, 0) is 16.1 Å². The maximum Gasteiger partial charge on any atom is 0.309 e. The average Bonchev–Trinajstić information content (AvgIpc) is 3.04. The number of rotatable bonds is 5. The molecule has 21 heavy (non-hydrogen) atoms. The first-order valence-corrected chi connectivity index (χ1v) is 6.80. The minimum Gasteiger partial charge on any atom is -0.467 e. The molecule has 1 aromatic carbocycles. The van der Waals surface area contributed by atoms with E-state index in [1.54, 1.807) is 12.1 Å². The van der Waals surface area contributed by atoms with Crippen LogP contribution in [0.1, 0.15) is 24.2 Å². The Hall–Kier alpha value is -2.56. The molecule has 0 radical (unpaired) electrons. The maximum absolute atomic E-state index is 11.7. The van der Waals surface area contributed by atoms with E-state index >= 15 is 0 Å². The van der Waals surface area contributed by atoms with Gasteiger partial charge >= 0.3 is 11.8 Å². The Labute approximate surface area is 123 Å². The predicted octanol–water partition coefficient (Wildman–Crippen LogP) is 1.82. The van der Waals surface area contributed by atoms with Gasteiger partial charge in [-0.25, -0.2) is 0 Å². The number of carbonyl (C=O) groups excluding carboxylic acids is 2. The zero-order chi connectivity index (χ0) is 15.1. The van der Waals surface area contributed by atoms with Gasteiger partial charge in [0.2, 0.25) is 0 Å². The Kier molecular flexibility index (Phi) is 5.15. The van der Waals surface area contributed by atoms with Gasteiger partial charge in [0.05, 0.1) is 12.8 Å². The van der Waals surface area contributed by atoms with Gasteiger partial charge < -0.3 is 15.1 Å². The van der Waals surface area contributed by atoms with E-state index in [1.165, 1.54) is 6.26 Å². The number of hydrogen-bond donors (Lipinski definition) is 2. The summed E-state index contributed by atoms with van der Waals surface area (Å²) in [6.45, 7) is 2.61. The Morgan fingerprint density at radius 2 is 1.76 bits per heavy atom. The molecule has 1 heterocycles. The van der Waals surface area contributed by atoms with Crippen LogP contribution >= 0.6 is 0 Å². The topological polar surface area (TPSA) is 71.3 Å². The third kappa shape index (κ3) is 4.49. The van der Waals surface area contributed by atoms with Crippen LogP contribution in [0.2, 0.25) is 0 Å². The Balaban J connectivity index is 1.75. The highest BCUT2D eigenvalue weighted by molar-refractivity contribution is 6.35. The van der Waals surface area contributed by atoms with Crippen LogP contribution in [0, 0.1) is 0 Å². The van der Waals surface area contributed by atoms with Gasteiger partial charge in [-0.15, -0.1) is 0 Å². The molecule has 0 aliphatic carbocycles. The Morgan fingerprint density at radius 3 is 2.43 bits per heavy atom. The summed E-state index contributed by atoms with van der Waals surface area (Å²) in [5.74, 6) is -0.544. The number of furan rings is 1. The molecule has 2 amide bonds. The summed E-state index contributed by atoms with van der Waals surface area (Å²) in [4.78, 5) is 23.3. The highest BCUT2D eigenvalue weighted by atomic mass is 16.3. The molecule has 1 aromatic heterocycles. The summed E-state index contributed by atoms with van der Waals surface area (Å²) in [5.41, 5.74) is 1.12. The summed E-state index contributed by atoms with van der Waals surface area (Å²) in [7, 11) is 0. The van der Waals surface area contributed by atoms with Crippen molar-refractivity contribution in [3.05, 3.63) is 60.1 Å². The highest BCUT2D eigenvalue weighted by Gasteiger charge is 2.14. The smallest absolute Gasteiger partial charge is 0.309 e. The number of benzene rings is 1. The van der Waals surface area contributed by atoms with Gasteiger partial charge in [0.25, 0.3) is 0 Å². The zero-order valence-electron chi connectivity index (χ0n) is 11.8. The molecule has 1 atom stereocenters. The van der Waals surface area contributed by atoms with Crippen molar-refractivity contribution in [2.45, 2.75) is 19.4 Å². The van der Waals surface area contributed by atoms with Crippen LogP contribution in [0.15, 0.2) is 53.1 Å². The second-order valence-corrected chi connectivity index (χ2v) is 4.78. The lowest BCUT2D eigenvalue weighted by molar-refractivity contribution is -0.139. The molecule has 0 aliphatic rings. The van der Waals surface area contributed by atoms with Crippen molar-refractivity contribution >= 4 is 11.8 Å². The molecule has 5 nitrogen and oxygen atoms in total. The first-order valence-electron chi connectivity index (χ1n) is 6.80. The van der Waals surface area contributed by atoms with Crippen molar-refractivity contribution in [3.8, 4) is 0 Å². The molecule has 0 spiro atoms. The molecule has 0 fully saturated rings. The Morgan fingerprint density at radius 1 is 1.05 bits per heavy atom. The third-order valence-electron chi connectivity index (χ3n) is 3.15. The number of carbonyl (C=O) groups is 2. The molecule has 2 rings (SSSR count). The zero-order valence-corrected chi connectivity index (χ0v) is 11.8. The Bertz CT molecular complexity index is 579. The van der Waals surface area contributed by atoms with Crippen molar-refractivity contribution < 1.29 is 14.0 Å². The lowest BCUT2D eigenvalue weighted by atomic mass is 10.0. The van der Waals surface area contributed by atoms with Crippen molar-refractivity contribution in [2.75, 3.05) is 6.54 Å². The van der Waals surface area contributed by atoms with Gasteiger partial charge in [-0.05, 0) is 23.6 Å². The summed E-state index contributed by atoms with van der Waals surface area (Å²) >= 11 is 0. The maximum atomic E-state index is 11.7. The van der Waals surface area contributed by atoms with E-state index in [9.17, 15) is 9.59 Å². The standard InChI is InChI=1S/C16H18N2O3/c1-12(13-6-3-2-4-7-13)10-17-15(19)16(20)18-11-14-8-5-9-21-14/h2-9,12H,10-11H2,1H3,(H,17,19)(H,18,20)/t12-/m1/s1. The summed E-state index contributed by atoms with van der Waals surface area (Å²) in [6.07, 6.45) is 1.52. The van der Waals surface area contributed by atoms with E-state index in [1.807, 2.05) is 37.3 Å². The highest BCUT2D eigenvalue weighted by Crippen LogP contribution is 2.12. The largest absolute Gasteiger partial charge is 0.467 e. The van der Waals surface area contributed by atoms with Crippen molar-refractivity contribution in [2.24, 2.45) is 0 Å². The molecule has 0 saturated heterocycles. The van der Waals surface area contributed by atoms with Crippen LogP contribution in [0.5, 0.6) is 0 Å².